The number of thioether (sulfide) groups is 1. The molecule has 1 heterocycles. The van der Waals surface area contributed by atoms with Crippen molar-refractivity contribution >= 4 is 56.0 Å². The van der Waals surface area contributed by atoms with Crippen LogP contribution in [0, 0.1) is 0 Å². The molecule has 0 bridgehead atoms. The van der Waals surface area contributed by atoms with E-state index in [1.165, 1.54) is 11.8 Å². The van der Waals surface area contributed by atoms with Crippen LogP contribution < -0.4 is 10.1 Å². The average molecular weight is 462 g/mol. The van der Waals surface area contributed by atoms with Crippen molar-refractivity contribution in [1.82, 2.24) is 4.90 Å². The van der Waals surface area contributed by atoms with Gasteiger partial charge in [-0.25, -0.2) is 4.99 Å². The topological polar surface area (TPSA) is 71.0 Å². The summed E-state index contributed by atoms with van der Waals surface area (Å²) in [6, 6.07) is 14.7. The maximum Gasteiger partial charge on any atom is 0.242 e. The lowest BCUT2D eigenvalue weighted by Crippen LogP contribution is -2.33. The number of carbonyl (C=O) groups excluding carboxylic acids is 2. The Morgan fingerprint density at radius 2 is 2.07 bits per heavy atom. The summed E-state index contributed by atoms with van der Waals surface area (Å²) in [7, 11) is 1.60. The molecule has 146 valence electrons. The number of nitrogens with one attached hydrogen (secondary N) is 1. The number of anilines is 1. The van der Waals surface area contributed by atoms with E-state index in [2.05, 4.69) is 26.2 Å². The monoisotopic (exact) mass is 461 g/mol. The third-order valence-electron chi connectivity index (χ3n) is 4.13. The van der Waals surface area contributed by atoms with Gasteiger partial charge in [-0.1, -0.05) is 30.0 Å². The van der Waals surface area contributed by atoms with Crippen LogP contribution in [0.3, 0.4) is 0 Å². The second-order valence-electron chi connectivity index (χ2n) is 6.02. The fourth-order valence-electron chi connectivity index (χ4n) is 2.74. The average Bonchev–Trinajstić information content (AvgIpc) is 2.97. The summed E-state index contributed by atoms with van der Waals surface area (Å²) in [6.45, 7) is 2.39. The highest BCUT2D eigenvalue weighted by molar-refractivity contribution is 9.10. The first-order chi connectivity index (χ1) is 13.5. The third-order valence-corrected chi connectivity index (χ3v) is 6.00. The molecule has 3 rings (SSSR count). The molecule has 1 aliphatic heterocycles. The van der Waals surface area contributed by atoms with E-state index in [1.54, 1.807) is 24.1 Å². The van der Waals surface area contributed by atoms with Crippen LogP contribution >= 0.6 is 27.7 Å². The van der Waals surface area contributed by atoms with Gasteiger partial charge >= 0.3 is 0 Å². The fraction of sp³-hybridized carbons (Fsp3) is 0.250. The number of amidine groups is 1. The van der Waals surface area contributed by atoms with Gasteiger partial charge in [0.15, 0.2) is 5.17 Å². The standard InChI is InChI=1S/C20H20BrN3O3S/c1-3-24-19(26)17(12-18(25)23-16-10-5-4-9-15(16)21)28-20(24)22-13-7-6-8-14(11-13)27-2/h4-11,17H,3,12H2,1-2H3,(H,23,25)/t17-/m1/s1. The van der Waals surface area contributed by atoms with E-state index in [4.69, 9.17) is 4.74 Å². The number of methoxy groups -OCH3 is 1. The molecular formula is C20H20BrN3O3S. The molecule has 6 nitrogen and oxygen atoms in total. The van der Waals surface area contributed by atoms with Crippen molar-refractivity contribution in [3.63, 3.8) is 0 Å². The Labute approximate surface area is 176 Å². The van der Waals surface area contributed by atoms with Crippen LogP contribution in [0.5, 0.6) is 5.75 Å². The van der Waals surface area contributed by atoms with E-state index >= 15 is 0 Å². The van der Waals surface area contributed by atoms with Gasteiger partial charge in [-0.2, -0.15) is 0 Å². The minimum atomic E-state index is -0.494. The zero-order valence-electron chi connectivity index (χ0n) is 15.5. The van der Waals surface area contributed by atoms with E-state index in [1.807, 2.05) is 43.3 Å². The van der Waals surface area contributed by atoms with Crippen LogP contribution in [0.25, 0.3) is 0 Å². The van der Waals surface area contributed by atoms with E-state index in [9.17, 15) is 9.59 Å². The molecule has 1 saturated heterocycles. The minimum absolute atomic E-state index is 0.0818. The summed E-state index contributed by atoms with van der Waals surface area (Å²) in [6.07, 6.45) is 0.0818. The molecule has 0 aromatic heterocycles. The van der Waals surface area contributed by atoms with Crippen molar-refractivity contribution < 1.29 is 14.3 Å². The van der Waals surface area contributed by atoms with E-state index in [0.29, 0.717) is 28.8 Å². The molecule has 0 radical (unpaired) electrons. The molecular weight excluding hydrogens is 442 g/mol. The van der Waals surface area contributed by atoms with Crippen molar-refractivity contribution in [2.24, 2.45) is 4.99 Å². The summed E-state index contributed by atoms with van der Waals surface area (Å²) in [5, 5.41) is 2.95. The predicted molar refractivity (Wildman–Crippen MR) is 116 cm³/mol. The molecule has 2 aromatic rings. The normalized spacial score (nSPS) is 17.8. The van der Waals surface area contributed by atoms with E-state index < -0.39 is 5.25 Å². The van der Waals surface area contributed by atoms with Crippen LogP contribution in [0.2, 0.25) is 0 Å². The van der Waals surface area contributed by atoms with Crippen molar-refractivity contribution in [1.29, 1.82) is 0 Å². The smallest absolute Gasteiger partial charge is 0.242 e. The number of amides is 2. The summed E-state index contributed by atoms with van der Waals surface area (Å²) in [5.74, 6) is 0.386. The number of ether oxygens (including phenoxy) is 1. The molecule has 28 heavy (non-hydrogen) atoms. The largest absolute Gasteiger partial charge is 0.497 e. The molecule has 1 atom stereocenters. The van der Waals surface area contributed by atoms with Crippen LogP contribution in [-0.2, 0) is 9.59 Å². The maximum absolute atomic E-state index is 12.7. The highest BCUT2D eigenvalue weighted by Gasteiger charge is 2.38. The number of benzene rings is 2. The SMILES string of the molecule is CCN1C(=O)[C@@H](CC(=O)Nc2ccccc2Br)SC1=Nc1cccc(OC)c1. The fourth-order valence-corrected chi connectivity index (χ4v) is 4.34. The van der Waals surface area contributed by atoms with Gasteiger partial charge in [0.1, 0.15) is 11.0 Å². The number of carbonyl (C=O) groups is 2. The summed E-state index contributed by atoms with van der Waals surface area (Å²) in [5.41, 5.74) is 1.38. The molecule has 2 aromatic carbocycles. The van der Waals surface area contributed by atoms with Crippen molar-refractivity contribution in [2.75, 3.05) is 19.0 Å². The molecule has 0 spiro atoms. The quantitative estimate of drug-likeness (QED) is 0.689. The van der Waals surface area contributed by atoms with Crippen molar-refractivity contribution in [3.8, 4) is 5.75 Å². The lowest BCUT2D eigenvalue weighted by molar-refractivity contribution is -0.128. The van der Waals surface area contributed by atoms with Gasteiger partial charge in [0, 0.05) is 23.5 Å². The van der Waals surface area contributed by atoms with Crippen molar-refractivity contribution in [2.45, 2.75) is 18.6 Å². The zero-order chi connectivity index (χ0) is 20.1. The molecule has 0 unspecified atom stereocenters. The Bertz CT molecular complexity index is 919. The second-order valence-corrected chi connectivity index (χ2v) is 8.04. The Balaban J connectivity index is 1.73. The highest BCUT2D eigenvalue weighted by atomic mass is 79.9. The van der Waals surface area contributed by atoms with E-state index in [-0.39, 0.29) is 18.2 Å². The summed E-state index contributed by atoms with van der Waals surface area (Å²) in [4.78, 5) is 31.4. The Kier molecular flexibility index (Phi) is 6.74. The van der Waals surface area contributed by atoms with Gasteiger partial charge in [0.2, 0.25) is 11.8 Å². The molecule has 0 aliphatic carbocycles. The second kappa shape index (κ2) is 9.25. The lowest BCUT2D eigenvalue weighted by Gasteiger charge is -2.13. The van der Waals surface area contributed by atoms with E-state index in [0.717, 1.165) is 4.47 Å². The van der Waals surface area contributed by atoms with Crippen LogP contribution in [-0.4, -0.2) is 40.8 Å². The summed E-state index contributed by atoms with van der Waals surface area (Å²) >= 11 is 4.72. The number of aliphatic imine (C=N–C) groups is 1. The molecule has 2 amide bonds. The highest BCUT2D eigenvalue weighted by Crippen LogP contribution is 2.32. The van der Waals surface area contributed by atoms with Gasteiger partial charge in [-0.15, -0.1) is 0 Å². The number of halogens is 1. The minimum Gasteiger partial charge on any atom is -0.497 e. The first-order valence-corrected chi connectivity index (χ1v) is 10.4. The first kappa shape index (κ1) is 20.4. The van der Waals surface area contributed by atoms with Gasteiger partial charge < -0.3 is 10.1 Å². The Morgan fingerprint density at radius 1 is 1.29 bits per heavy atom. The number of rotatable bonds is 6. The molecule has 8 heteroatoms. The van der Waals surface area contributed by atoms with Gasteiger partial charge in [-0.05, 0) is 47.1 Å². The maximum atomic E-state index is 12.7. The first-order valence-electron chi connectivity index (χ1n) is 8.77. The molecule has 1 N–H and O–H groups in total. The Hall–Kier alpha value is -2.32. The Morgan fingerprint density at radius 3 is 2.79 bits per heavy atom. The van der Waals surface area contributed by atoms with Gasteiger partial charge in [0.05, 0.1) is 18.5 Å². The van der Waals surface area contributed by atoms with Crippen LogP contribution in [0.1, 0.15) is 13.3 Å². The van der Waals surface area contributed by atoms with Gasteiger partial charge in [-0.3, -0.25) is 14.5 Å². The number of hydrogen-bond acceptors (Lipinski definition) is 5. The molecule has 0 saturated carbocycles. The number of para-hydroxylation sites is 1. The molecule has 1 fully saturated rings. The lowest BCUT2D eigenvalue weighted by atomic mass is 10.2. The predicted octanol–water partition coefficient (Wildman–Crippen LogP) is 4.44. The van der Waals surface area contributed by atoms with Gasteiger partial charge in [0.25, 0.3) is 0 Å². The van der Waals surface area contributed by atoms with Crippen LogP contribution in [0.4, 0.5) is 11.4 Å². The number of nitrogens with zero attached hydrogens (tertiary/aromatic N) is 2. The summed E-state index contributed by atoms with van der Waals surface area (Å²) < 4.78 is 6.02. The molecule has 1 aliphatic rings. The third kappa shape index (κ3) is 4.74. The number of hydrogen-bond donors (Lipinski definition) is 1. The van der Waals surface area contributed by atoms with Crippen molar-refractivity contribution in [3.05, 3.63) is 53.0 Å². The zero-order valence-corrected chi connectivity index (χ0v) is 17.9. The van der Waals surface area contributed by atoms with Crippen LogP contribution in [0.15, 0.2) is 58.0 Å².